The van der Waals surface area contributed by atoms with E-state index in [1.807, 2.05) is 31.2 Å². The first kappa shape index (κ1) is 16.8. The summed E-state index contributed by atoms with van der Waals surface area (Å²) in [6, 6.07) is 12.4. The van der Waals surface area contributed by atoms with E-state index in [1.54, 1.807) is 25.1 Å². The van der Waals surface area contributed by atoms with Crippen molar-refractivity contribution in [1.29, 1.82) is 0 Å². The Bertz CT molecular complexity index is 754. The molecule has 0 unspecified atom stereocenters. The first-order valence-electron chi connectivity index (χ1n) is 7.07. The number of benzene rings is 2. The topological polar surface area (TPSA) is 41.1 Å². The Balaban J connectivity index is 1.90. The van der Waals surface area contributed by atoms with Gasteiger partial charge in [0.25, 0.3) is 0 Å². The quantitative estimate of drug-likeness (QED) is 0.662. The molecule has 2 aromatic carbocycles. The molecule has 1 amide bonds. The van der Waals surface area contributed by atoms with Crippen molar-refractivity contribution >= 4 is 35.0 Å². The Morgan fingerprint density at radius 2 is 1.83 bits per heavy atom. The summed E-state index contributed by atoms with van der Waals surface area (Å²) in [5.74, 6) is -0.681. The lowest BCUT2D eigenvalue weighted by Crippen LogP contribution is -2.32. The molecule has 2 aromatic rings. The van der Waals surface area contributed by atoms with Crippen molar-refractivity contribution in [1.82, 2.24) is 5.32 Å². The SMILES string of the molecule is Cc1ccc(/C=C/C(=O)NC(=S)Nc2ccc(C)c(F)c2)cc1. The molecular weight excluding hydrogens is 311 g/mol. The van der Waals surface area contributed by atoms with Gasteiger partial charge >= 0.3 is 0 Å². The van der Waals surface area contributed by atoms with Crippen LogP contribution in [0.3, 0.4) is 0 Å². The minimum atomic E-state index is -0.351. The Morgan fingerprint density at radius 3 is 2.48 bits per heavy atom. The first-order valence-corrected chi connectivity index (χ1v) is 7.48. The van der Waals surface area contributed by atoms with Gasteiger partial charge in [-0.15, -0.1) is 0 Å². The van der Waals surface area contributed by atoms with Crippen LogP contribution < -0.4 is 10.6 Å². The fraction of sp³-hybridized carbons (Fsp3) is 0.111. The van der Waals surface area contributed by atoms with Crippen LogP contribution in [0.1, 0.15) is 16.7 Å². The van der Waals surface area contributed by atoms with Gasteiger partial charge in [0.15, 0.2) is 5.11 Å². The molecule has 0 saturated carbocycles. The number of thiocarbonyl (C=S) groups is 1. The summed E-state index contributed by atoms with van der Waals surface area (Å²) in [6.45, 7) is 3.67. The third-order valence-corrected chi connectivity index (χ3v) is 3.38. The second-order valence-corrected chi connectivity index (χ2v) is 5.56. The highest BCUT2D eigenvalue weighted by molar-refractivity contribution is 7.80. The van der Waals surface area contributed by atoms with Crippen LogP contribution >= 0.6 is 12.2 Å². The van der Waals surface area contributed by atoms with Crippen molar-refractivity contribution in [2.75, 3.05) is 5.32 Å². The summed E-state index contributed by atoms with van der Waals surface area (Å²) in [5.41, 5.74) is 3.11. The van der Waals surface area contributed by atoms with Crippen LogP contribution in [0.25, 0.3) is 6.08 Å². The molecule has 5 heteroatoms. The predicted octanol–water partition coefficient (Wildman–Crippen LogP) is 3.97. The molecule has 0 aliphatic carbocycles. The lowest BCUT2D eigenvalue weighted by Gasteiger charge is -2.08. The molecule has 0 spiro atoms. The highest BCUT2D eigenvalue weighted by Gasteiger charge is 2.04. The number of aryl methyl sites for hydroxylation is 2. The molecule has 2 N–H and O–H groups in total. The minimum Gasteiger partial charge on any atom is -0.332 e. The van der Waals surface area contributed by atoms with E-state index in [9.17, 15) is 9.18 Å². The van der Waals surface area contributed by atoms with Crippen LogP contribution in [-0.2, 0) is 4.79 Å². The lowest BCUT2D eigenvalue weighted by molar-refractivity contribution is -0.115. The van der Waals surface area contributed by atoms with Crippen LogP contribution in [0.15, 0.2) is 48.5 Å². The zero-order chi connectivity index (χ0) is 16.8. The maximum Gasteiger partial charge on any atom is 0.250 e. The van der Waals surface area contributed by atoms with Crippen LogP contribution in [0.5, 0.6) is 0 Å². The number of hydrogen-bond acceptors (Lipinski definition) is 2. The maximum atomic E-state index is 13.4. The van der Waals surface area contributed by atoms with Gasteiger partial charge in [0, 0.05) is 11.8 Å². The molecule has 0 aliphatic rings. The van der Waals surface area contributed by atoms with Gasteiger partial charge in [0.2, 0.25) is 5.91 Å². The zero-order valence-electron chi connectivity index (χ0n) is 12.9. The smallest absolute Gasteiger partial charge is 0.250 e. The first-order chi connectivity index (χ1) is 10.9. The molecule has 0 atom stereocenters. The number of rotatable bonds is 3. The van der Waals surface area contributed by atoms with Crippen molar-refractivity contribution in [2.24, 2.45) is 0 Å². The maximum absolute atomic E-state index is 13.4. The molecule has 118 valence electrons. The molecular formula is C18H17FN2OS. The number of hydrogen-bond donors (Lipinski definition) is 2. The van der Waals surface area contributed by atoms with E-state index < -0.39 is 0 Å². The van der Waals surface area contributed by atoms with Crippen molar-refractivity contribution in [3.05, 3.63) is 71.0 Å². The molecule has 23 heavy (non-hydrogen) atoms. The van der Waals surface area contributed by atoms with Crippen molar-refractivity contribution in [3.63, 3.8) is 0 Å². The Kier molecular flexibility index (Phi) is 5.60. The van der Waals surface area contributed by atoms with Gasteiger partial charge in [-0.1, -0.05) is 35.9 Å². The second-order valence-electron chi connectivity index (χ2n) is 5.15. The second kappa shape index (κ2) is 7.65. The molecule has 0 aromatic heterocycles. The van der Waals surface area contributed by atoms with Gasteiger partial charge < -0.3 is 5.32 Å². The molecule has 0 radical (unpaired) electrons. The molecule has 0 bridgehead atoms. The average Bonchev–Trinajstić information content (AvgIpc) is 2.50. The predicted molar refractivity (Wildman–Crippen MR) is 95.7 cm³/mol. The standard InChI is InChI=1S/C18H17FN2OS/c1-12-3-6-14(7-4-12)8-10-17(22)21-18(23)20-15-9-5-13(2)16(19)11-15/h3-11H,1-2H3,(H2,20,21,22,23)/b10-8+. The zero-order valence-corrected chi connectivity index (χ0v) is 13.7. The largest absolute Gasteiger partial charge is 0.332 e. The number of nitrogens with one attached hydrogen (secondary N) is 2. The Labute approximate surface area is 140 Å². The minimum absolute atomic E-state index is 0.117. The van der Waals surface area contributed by atoms with E-state index >= 15 is 0 Å². The van der Waals surface area contributed by atoms with E-state index in [4.69, 9.17) is 12.2 Å². The van der Waals surface area contributed by atoms with Gasteiger partial charge in [-0.3, -0.25) is 10.1 Å². The summed E-state index contributed by atoms with van der Waals surface area (Å²) in [4.78, 5) is 11.8. The number of carbonyl (C=O) groups excluding carboxylic acids is 1. The summed E-state index contributed by atoms with van der Waals surface area (Å²) >= 11 is 5.04. The summed E-state index contributed by atoms with van der Waals surface area (Å²) in [6.07, 6.45) is 3.09. The van der Waals surface area contributed by atoms with E-state index in [0.29, 0.717) is 11.3 Å². The number of anilines is 1. The summed E-state index contributed by atoms with van der Waals surface area (Å²) in [5, 5.41) is 5.41. The van der Waals surface area contributed by atoms with Gasteiger partial charge in [0.05, 0.1) is 0 Å². The highest BCUT2D eigenvalue weighted by atomic mass is 32.1. The molecule has 0 fully saturated rings. The number of halogens is 1. The van der Waals surface area contributed by atoms with E-state index in [2.05, 4.69) is 10.6 Å². The third kappa shape index (κ3) is 5.30. The van der Waals surface area contributed by atoms with Gasteiger partial charge in [-0.25, -0.2) is 4.39 Å². The fourth-order valence-corrected chi connectivity index (χ4v) is 2.05. The van der Waals surface area contributed by atoms with Crippen LogP contribution in [0.2, 0.25) is 0 Å². The summed E-state index contributed by atoms with van der Waals surface area (Å²) in [7, 11) is 0. The monoisotopic (exact) mass is 328 g/mol. The molecule has 0 aliphatic heterocycles. The highest BCUT2D eigenvalue weighted by Crippen LogP contribution is 2.13. The van der Waals surface area contributed by atoms with Gasteiger partial charge in [-0.2, -0.15) is 0 Å². The number of amides is 1. The van der Waals surface area contributed by atoms with Crippen LogP contribution in [-0.4, -0.2) is 11.0 Å². The van der Waals surface area contributed by atoms with E-state index in [1.165, 1.54) is 12.1 Å². The lowest BCUT2D eigenvalue weighted by atomic mass is 10.1. The Hall–Kier alpha value is -2.53. The molecule has 0 heterocycles. The fourth-order valence-electron chi connectivity index (χ4n) is 1.84. The van der Waals surface area contributed by atoms with Crippen LogP contribution in [0, 0.1) is 19.7 Å². The normalized spacial score (nSPS) is 10.6. The molecule has 0 saturated heterocycles. The summed E-state index contributed by atoms with van der Waals surface area (Å²) < 4.78 is 13.4. The Morgan fingerprint density at radius 1 is 1.13 bits per heavy atom. The molecule has 3 nitrogen and oxygen atoms in total. The van der Waals surface area contributed by atoms with Crippen LogP contribution in [0.4, 0.5) is 10.1 Å². The number of carbonyl (C=O) groups is 1. The van der Waals surface area contributed by atoms with E-state index in [0.717, 1.165) is 11.1 Å². The van der Waals surface area contributed by atoms with E-state index in [-0.39, 0.29) is 16.8 Å². The van der Waals surface area contributed by atoms with Crippen molar-refractivity contribution in [3.8, 4) is 0 Å². The molecule has 2 rings (SSSR count). The third-order valence-electron chi connectivity index (χ3n) is 3.17. The van der Waals surface area contributed by atoms with Gasteiger partial charge in [0.1, 0.15) is 5.82 Å². The van der Waals surface area contributed by atoms with Crippen molar-refractivity contribution in [2.45, 2.75) is 13.8 Å². The van der Waals surface area contributed by atoms with Crippen molar-refractivity contribution < 1.29 is 9.18 Å². The van der Waals surface area contributed by atoms with Gasteiger partial charge in [-0.05, 0) is 55.4 Å². The average molecular weight is 328 g/mol.